The van der Waals surface area contributed by atoms with E-state index in [1.165, 1.54) is 30.6 Å². The minimum absolute atomic E-state index is 0.242. The van der Waals surface area contributed by atoms with Gasteiger partial charge in [-0.05, 0) is 31.8 Å². The van der Waals surface area contributed by atoms with Crippen molar-refractivity contribution in [1.29, 1.82) is 0 Å². The predicted octanol–water partition coefficient (Wildman–Crippen LogP) is 2.53. The van der Waals surface area contributed by atoms with Crippen LogP contribution in [0.2, 0.25) is 0 Å². The van der Waals surface area contributed by atoms with Gasteiger partial charge in [0.1, 0.15) is 4.21 Å². The molecule has 1 aromatic heterocycles. The number of anilines is 1. The van der Waals surface area contributed by atoms with E-state index in [2.05, 4.69) is 11.4 Å². The van der Waals surface area contributed by atoms with E-state index in [1.807, 2.05) is 0 Å². The van der Waals surface area contributed by atoms with E-state index in [0.29, 0.717) is 11.7 Å². The molecule has 3 nitrogen and oxygen atoms in total. The van der Waals surface area contributed by atoms with Crippen LogP contribution in [0.3, 0.4) is 0 Å². The zero-order chi connectivity index (χ0) is 10.1. The van der Waals surface area contributed by atoms with Crippen LogP contribution >= 0.6 is 23.3 Å². The van der Waals surface area contributed by atoms with E-state index < -0.39 is 0 Å². The summed E-state index contributed by atoms with van der Waals surface area (Å²) >= 11 is 3.10. The molecular formula is C9H14N2OS2. The minimum atomic E-state index is 0.242. The van der Waals surface area contributed by atoms with Crippen LogP contribution in [0.25, 0.3) is 0 Å². The highest BCUT2D eigenvalue weighted by molar-refractivity contribution is 7.99. The SMILES string of the molecule is CN(Sc1scc(N)c1O)C1CCC1. The standard InChI is InChI=1S/C9H14N2OS2/c1-11(6-3-2-4-6)14-9-8(12)7(10)5-13-9/h5-6,12H,2-4,10H2,1H3. The average Bonchev–Trinajstić information content (AvgIpc) is 2.33. The van der Waals surface area contributed by atoms with Crippen molar-refractivity contribution in [2.75, 3.05) is 12.8 Å². The smallest absolute Gasteiger partial charge is 0.164 e. The van der Waals surface area contributed by atoms with Crippen LogP contribution in [0.1, 0.15) is 19.3 Å². The van der Waals surface area contributed by atoms with Crippen molar-refractivity contribution in [3.05, 3.63) is 5.38 Å². The zero-order valence-corrected chi connectivity index (χ0v) is 9.70. The number of aromatic hydroxyl groups is 1. The quantitative estimate of drug-likeness (QED) is 0.783. The third-order valence-corrected chi connectivity index (χ3v) is 4.81. The number of hydrogen-bond donors (Lipinski definition) is 2. The van der Waals surface area contributed by atoms with Gasteiger partial charge in [0.05, 0.1) is 5.69 Å². The first-order valence-corrected chi connectivity index (χ1v) is 6.30. The molecule has 1 aliphatic rings. The maximum Gasteiger partial charge on any atom is 0.164 e. The molecule has 0 bridgehead atoms. The third kappa shape index (κ3) is 1.85. The van der Waals surface area contributed by atoms with Crippen LogP contribution in [-0.2, 0) is 0 Å². The number of rotatable bonds is 3. The van der Waals surface area contributed by atoms with Gasteiger partial charge in [-0.2, -0.15) is 0 Å². The van der Waals surface area contributed by atoms with E-state index in [1.54, 1.807) is 17.3 Å². The lowest BCUT2D eigenvalue weighted by molar-refractivity contribution is 0.267. The molecule has 3 N–H and O–H groups in total. The molecule has 0 radical (unpaired) electrons. The molecule has 5 heteroatoms. The van der Waals surface area contributed by atoms with Gasteiger partial charge in [0.2, 0.25) is 0 Å². The zero-order valence-electron chi connectivity index (χ0n) is 8.06. The Labute approximate surface area is 92.0 Å². The van der Waals surface area contributed by atoms with Crippen LogP contribution in [0.4, 0.5) is 5.69 Å². The molecule has 14 heavy (non-hydrogen) atoms. The Balaban J connectivity index is 1.99. The van der Waals surface area contributed by atoms with Crippen molar-refractivity contribution in [3.63, 3.8) is 0 Å². The third-order valence-electron chi connectivity index (χ3n) is 2.58. The Morgan fingerprint density at radius 3 is 2.79 bits per heavy atom. The molecule has 0 unspecified atom stereocenters. The normalized spacial score (nSPS) is 17.3. The van der Waals surface area contributed by atoms with Gasteiger partial charge in [0, 0.05) is 11.4 Å². The lowest BCUT2D eigenvalue weighted by atomic mass is 9.94. The molecule has 0 saturated heterocycles. The van der Waals surface area contributed by atoms with Crippen molar-refractivity contribution in [1.82, 2.24) is 4.31 Å². The number of nitrogens with two attached hydrogens (primary N) is 1. The van der Waals surface area contributed by atoms with E-state index in [9.17, 15) is 5.11 Å². The number of nitrogens with zero attached hydrogens (tertiary/aromatic N) is 1. The Hall–Kier alpha value is -0.390. The fraction of sp³-hybridized carbons (Fsp3) is 0.556. The molecule has 2 rings (SSSR count). The maximum absolute atomic E-state index is 9.60. The molecule has 0 spiro atoms. The van der Waals surface area contributed by atoms with Crippen molar-refractivity contribution >= 4 is 29.0 Å². The molecule has 1 aromatic rings. The lowest BCUT2D eigenvalue weighted by Gasteiger charge is -2.33. The molecule has 1 saturated carbocycles. The van der Waals surface area contributed by atoms with Crippen molar-refractivity contribution in [3.8, 4) is 5.75 Å². The summed E-state index contributed by atoms with van der Waals surface area (Å²) in [6.45, 7) is 0. The molecule has 78 valence electrons. The van der Waals surface area contributed by atoms with Crippen LogP contribution in [0, 0.1) is 0 Å². The topological polar surface area (TPSA) is 49.5 Å². The number of hydrogen-bond acceptors (Lipinski definition) is 5. The number of thiophene rings is 1. The van der Waals surface area contributed by atoms with Gasteiger partial charge in [0.15, 0.2) is 5.75 Å². The summed E-state index contributed by atoms with van der Waals surface area (Å²) in [5, 5.41) is 11.4. The summed E-state index contributed by atoms with van der Waals surface area (Å²) in [5.41, 5.74) is 6.05. The molecule has 0 aromatic carbocycles. The van der Waals surface area contributed by atoms with Crippen LogP contribution < -0.4 is 5.73 Å². The van der Waals surface area contributed by atoms with Crippen LogP contribution in [-0.4, -0.2) is 22.5 Å². The van der Waals surface area contributed by atoms with Gasteiger partial charge in [-0.25, -0.2) is 4.31 Å². The molecule has 0 atom stereocenters. The first-order valence-electron chi connectivity index (χ1n) is 4.65. The van der Waals surface area contributed by atoms with E-state index in [0.717, 1.165) is 4.21 Å². The van der Waals surface area contributed by atoms with Crippen LogP contribution in [0.15, 0.2) is 9.59 Å². The van der Waals surface area contributed by atoms with Crippen molar-refractivity contribution in [2.45, 2.75) is 29.5 Å². The Kier molecular flexibility index (Phi) is 2.90. The Morgan fingerprint density at radius 2 is 2.36 bits per heavy atom. The summed E-state index contributed by atoms with van der Waals surface area (Å²) in [5.74, 6) is 0.242. The van der Waals surface area contributed by atoms with Gasteiger partial charge >= 0.3 is 0 Å². The Bertz CT molecular complexity index is 323. The second kappa shape index (κ2) is 4.00. The largest absolute Gasteiger partial charge is 0.504 e. The molecule has 0 aliphatic heterocycles. The van der Waals surface area contributed by atoms with Crippen LogP contribution in [0.5, 0.6) is 5.75 Å². The average molecular weight is 230 g/mol. The highest BCUT2D eigenvalue weighted by atomic mass is 32.2. The second-order valence-corrected chi connectivity index (χ2v) is 5.85. The molecular weight excluding hydrogens is 216 g/mol. The van der Waals surface area contributed by atoms with Gasteiger partial charge in [-0.3, -0.25) is 0 Å². The minimum Gasteiger partial charge on any atom is -0.504 e. The summed E-state index contributed by atoms with van der Waals surface area (Å²) in [7, 11) is 2.07. The highest BCUT2D eigenvalue weighted by Crippen LogP contribution is 2.42. The summed E-state index contributed by atoms with van der Waals surface area (Å²) in [6, 6.07) is 0.669. The van der Waals surface area contributed by atoms with Crippen molar-refractivity contribution in [2.24, 2.45) is 0 Å². The Morgan fingerprint density at radius 1 is 1.64 bits per heavy atom. The highest BCUT2D eigenvalue weighted by Gasteiger charge is 2.24. The second-order valence-electron chi connectivity index (χ2n) is 3.55. The van der Waals surface area contributed by atoms with Crippen molar-refractivity contribution < 1.29 is 5.11 Å². The maximum atomic E-state index is 9.60. The van der Waals surface area contributed by atoms with Gasteiger partial charge in [-0.15, -0.1) is 11.3 Å². The lowest BCUT2D eigenvalue weighted by Crippen LogP contribution is -2.31. The van der Waals surface area contributed by atoms with Gasteiger partial charge < -0.3 is 10.8 Å². The first-order chi connectivity index (χ1) is 6.68. The van der Waals surface area contributed by atoms with E-state index in [4.69, 9.17) is 5.73 Å². The fourth-order valence-electron chi connectivity index (χ4n) is 1.37. The molecule has 1 aliphatic carbocycles. The molecule has 1 heterocycles. The predicted molar refractivity (Wildman–Crippen MR) is 61.7 cm³/mol. The fourth-order valence-corrected chi connectivity index (χ4v) is 3.44. The first kappa shape index (κ1) is 10.1. The monoisotopic (exact) mass is 230 g/mol. The summed E-state index contributed by atoms with van der Waals surface area (Å²) < 4.78 is 3.12. The van der Waals surface area contributed by atoms with Gasteiger partial charge in [-0.1, -0.05) is 6.42 Å². The molecule has 0 amide bonds. The summed E-state index contributed by atoms with van der Waals surface area (Å²) in [6.07, 6.45) is 3.87. The summed E-state index contributed by atoms with van der Waals surface area (Å²) in [4.78, 5) is 0. The van der Waals surface area contributed by atoms with Gasteiger partial charge in [0.25, 0.3) is 0 Å². The molecule has 1 fully saturated rings. The number of nitrogen functional groups attached to an aromatic ring is 1. The van der Waals surface area contributed by atoms with E-state index in [-0.39, 0.29) is 5.75 Å². The van der Waals surface area contributed by atoms with E-state index >= 15 is 0 Å².